The molecular formula is C17H25NO4S2. The van der Waals surface area contributed by atoms with Crippen LogP contribution in [0, 0.1) is 0 Å². The molecule has 1 atom stereocenters. The first-order chi connectivity index (χ1) is 11.4. The highest BCUT2D eigenvalue weighted by Crippen LogP contribution is 2.23. The van der Waals surface area contributed by atoms with E-state index in [9.17, 15) is 13.2 Å². The van der Waals surface area contributed by atoms with Gasteiger partial charge in [-0.15, -0.1) is 11.8 Å². The SMILES string of the molecule is CCCN(C(=O)CCSc1ccc(OC)cc1)C1CCS(=O)(=O)C1. The van der Waals surface area contributed by atoms with E-state index in [0.29, 0.717) is 25.1 Å². The molecule has 7 heteroatoms. The summed E-state index contributed by atoms with van der Waals surface area (Å²) in [5.41, 5.74) is 0. The molecule has 24 heavy (non-hydrogen) atoms. The van der Waals surface area contributed by atoms with Gasteiger partial charge >= 0.3 is 0 Å². The van der Waals surface area contributed by atoms with Crippen molar-refractivity contribution in [1.29, 1.82) is 0 Å². The minimum absolute atomic E-state index is 0.0555. The number of amides is 1. The number of ether oxygens (including phenoxy) is 1. The van der Waals surface area contributed by atoms with E-state index in [1.807, 2.05) is 31.2 Å². The van der Waals surface area contributed by atoms with Gasteiger partial charge in [-0.05, 0) is 37.1 Å². The molecule has 0 N–H and O–H groups in total. The minimum atomic E-state index is -2.97. The molecule has 0 bridgehead atoms. The predicted molar refractivity (Wildman–Crippen MR) is 97.4 cm³/mol. The van der Waals surface area contributed by atoms with Gasteiger partial charge in [-0.1, -0.05) is 6.92 Å². The van der Waals surface area contributed by atoms with Crippen molar-refractivity contribution < 1.29 is 17.9 Å². The highest BCUT2D eigenvalue weighted by atomic mass is 32.2. The molecule has 5 nitrogen and oxygen atoms in total. The zero-order valence-electron chi connectivity index (χ0n) is 14.2. The van der Waals surface area contributed by atoms with Crippen molar-refractivity contribution in [2.75, 3.05) is 30.9 Å². The number of carbonyl (C=O) groups is 1. The number of carbonyl (C=O) groups excluding carboxylic acids is 1. The van der Waals surface area contributed by atoms with Crippen LogP contribution in [0.15, 0.2) is 29.2 Å². The van der Waals surface area contributed by atoms with E-state index in [2.05, 4.69) is 0 Å². The molecule has 1 aliphatic heterocycles. The summed E-state index contributed by atoms with van der Waals surface area (Å²) in [4.78, 5) is 15.4. The lowest BCUT2D eigenvalue weighted by molar-refractivity contribution is -0.132. The van der Waals surface area contributed by atoms with Gasteiger partial charge in [0.15, 0.2) is 9.84 Å². The van der Waals surface area contributed by atoms with Crippen LogP contribution in [0.25, 0.3) is 0 Å². The molecule has 1 saturated heterocycles. The van der Waals surface area contributed by atoms with Gasteiger partial charge in [0.05, 0.1) is 18.6 Å². The van der Waals surface area contributed by atoms with Gasteiger partial charge in [0, 0.05) is 29.7 Å². The average Bonchev–Trinajstić information content (AvgIpc) is 2.92. The molecule has 1 amide bonds. The van der Waals surface area contributed by atoms with E-state index in [0.717, 1.165) is 17.1 Å². The van der Waals surface area contributed by atoms with E-state index >= 15 is 0 Å². The Kier molecular flexibility index (Phi) is 6.98. The van der Waals surface area contributed by atoms with Gasteiger partial charge in [0.25, 0.3) is 0 Å². The molecule has 1 unspecified atom stereocenters. The lowest BCUT2D eigenvalue weighted by Gasteiger charge is -2.28. The molecule has 0 aliphatic carbocycles. The number of hydrogen-bond donors (Lipinski definition) is 0. The summed E-state index contributed by atoms with van der Waals surface area (Å²) in [6.07, 6.45) is 1.83. The summed E-state index contributed by atoms with van der Waals surface area (Å²) in [5.74, 6) is 1.87. The molecule has 1 heterocycles. The lowest BCUT2D eigenvalue weighted by atomic mass is 10.2. The average molecular weight is 372 g/mol. The Morgan fingerprint density at radius 2 is 2.04 bits per heavy atom. The zero-order chi connectivity index (χ0) is 17.6. The fraction of sp³-hybridized carbons (Fsp3) is 0.588. The van der Waals surface area contributed by atoms with Crippen LogP contribution in [-0.2, 0) is 14.6 Å². The van der Waals surface area contributed by atoms with Crippen LogP contribution >= 0.6 is 11.8 Å². The number of sulfone groups is 1. The Labute approximate surface area is 148 Å². The Balaban J connectivity index is 1.86. The summed E-state index contributed by atoms with van der Waals surface area (Å²) in [5, 5.41) is 0. The molecule has 0 radical (unpaired) electrons. The molecule has 0 saturated carbocycles. The summed E-state index contributed by atoms with van der Waals surface area (Å²) in [7, 11) is -1.34. The summed E-state index contributed by atoms with van der Waals surface area (Å²) in [6.45, 7) is 2.64. The molecular weight excluding hydrogens is 346 g/mol. The zero-order valence-corrected chi connectivity index (χ0v) is 15.9. The highest BCUT2D eigenvalue weighted by molar-refractivity contribution is 7.99. The van der Waals surface area contributed by atoms with Crippen molar-refractivity contribution >= 4 is 27.5 Å². The highest BCUT2D eigenvalue weighted by Gasteiger charge is 2.33. The quantitative estimate of drug-likeness (QED) is 0.657. The first kappa shape index (κ1) is 19.1. The molecule has 1 fully saturated rings. The first-order valence-corrected chi connectivity index (χ1v) is 11.0. The number of methoxy groups -OCH3 is 1. The fourth-order valence-corrected chi connectivity index (χ4v) is 5.42. The summed E-state index contributed by atoms with van der Waals surface area (Å²) in [6, 6.07) is 7.60. The number of hydrogen-bond acceptors (Lipinski definition) is 5. The maximum Gasteiger partial charge on any atom is 0.223 e. The number of rotatable bonds is 8. The number of nitrogens with zero attached hydrogens (tertiary/aromatic N) is 1. The molecule has 1 aromatic rings. The maximum absolute atomic E-state index is 12.5. The van der Waals surface area contributed by atoms with E-state index in [1.165, 1.54) is 0 Å². The van der Waals surface area contributed by atoms with Gasteiger partial charge in [0.1, 0.15) is 5.75 Å². The molecule has 2 rings (SSSR count). The number of benzene rings is 1. The fourth-order valence-electron chi connectivity index (χ4n) is 2.84. The second-order valence-electron chi connectivity index (χ2n) is 5.92. The van der Waals surface area contributed by atoms with Crippen molar-refractivity contribution in [3.63, 3.8) is 0 Å². The lowest BCUT2D eigenvalue weighted by Crippen LogP contribution is -2.41. The van der Waals surface area contributed by atoms with Crippen LogP contribution in [0.5, 0.6) is 5.75 Å². The van der Waals surface area contributed by atoms with Gasteiger partial charge in [0.2, 0.25) is 5.91 Å². The summed E-state index contributed by atoms with van der Waals surface area (Å²) >= 11 is 1.62. The van der Waals surface area contributed by atoms with Crippen molar-refractivity contribution in [2.24, 2.45) is 0 Å². The van der Waals surface area contributed by atoms with E-state index in [-0.39, 0.29) is 23.5 Å². The van der Waals surface area contributed by atoms with Crippen LogP contribution < -0.4 is 4.74 Å². The third-order valence-corrected chi connectivity index (χ3v) is 6.84. The second-order valence-corrected chi connectivity index (χ2v) is 9.32. The normalized spacial score (nSPS) is 19.2. The van der Waals surface area contributed by atoms with Gasteiger partial charge in [-0.25, -0.2) is 8.42 Å². The van der Waals surface area contributed by atoms with Crippen LogP contribution in [0.3, 0.4) is 0 Å². The molecule has 134 valence electrons. The second kappa shape index (κ2) is 8.76. The van der Waals surface area contributed by atoms with Crippen LogP contribution in [0.2, 0.25) is 0 Å². The summed E-state index contributed by atoms with van der Waals surface area (Å²) < 4.78 is 28.5. The maximum atomic E-state index is 12.5. The molecule has 0 aromatic heterocycles. The largest absolute Gasteiger partial charge is 0.497 e. The predicted octanol–water partition coefficient (Wildman–Crippen LogP) is 2.60. The van der Waals surface area contributed by atoms with Crippen molar-refractivity contribution in [3.8, 4) is 5.75 Å². The standard InChI is InChI=1S/C17H25NO4S2/c1-3-10-18(14-9-12-24(20,21)13-14)17(19)8-11-23-16-6-4-15(22-2)5-7-16/h4-7,14H,3,8-13H2,1-2H3. The molecule has 1 aromatic carbocycles. The van der Waals surface area contributed by atoms with Crippen LogP contribution in [0.4, 0.5) is 0 Å². The minimum Gasteiger partial charge on any atom is -0.497 e. The van der Waals surface area contributed by atoms with Crippen molar-refractivity contribution in [1.82, 2.24) is 4.90 Å². The molecule has 1 aliphatic rings. The Morgan fingerprint density at radius 1 is 1.33 bits per heavy atom. The smallest absolute Gasteiger partial charge is 0.223 e. The van der Waals surface area contributed by atoms with Gasteiger partial charge in [-0.2, -0.15) is 0 Å². The van der Waals surface area contributed by atoms with E-state index in [1.54, 1.807) is 23.8 Å². The Bertz CT molecular complexity index is 643. The Morgan fingerprint density at radius 3 is 2.58 bits per heavy atom. The van der Waals surface area contributed by atoms with Gasteiger partial charge in [-0.3, -0.25) is 4.79 Å². The third kappa shape index (κ3) is 5.41. The van der Waals surface area contributed by atoms with E-state index < -0.39 is 9.84 Å². The van der Waals surface area contributed by atoms with Crippen LogP contribution in [0.1, 0.15) is 26.2 Å². The number of thioether (sulfide) groups is 1. The van der Waals surface area contributed by atoms with Crippen molar-refractivity contribution in [3.05, 3.63) is 24.3 Å². The monoisotopic (exact) mass is 371 g/mol. The Hall–Kier alpha value is -1.21. The van der Waals surface area contributed by atoms with Crippen LogP contribution in [-0.4, -0.2) is 56.2 Å². The molecule has 0 spiro atoms. The van der Waals surface area contributed by atoms with E-state index in [4.69, 9.17) is 4.74 Å². The van der Waals surface area contributed by atoms with Crippen molar-refractivity contribution in [2.45, 2.75) is 37.1 Å². The third-order valence-electron chi connectivity index (χ3n) is 4.08. The first-order valence-electron chi connectivity index (χ1n) is 8.22. The van der Waals surface area contributed by atoms with Gasteiger partial charge < -0.3 is 9.64 Å². The topological polar surface area (TPSA) is 63.7 Å².